The molecule has 0 fully saturated rings. The summed E-state index contributed by atoms with van der Waals surface area (Å²) in [5, 5.41) is 11.5. The zero-order chi connectivity index (χ0) is 14.1. The van der Waals surface area contributed by atoms with E-state index in [0.717, 1.165) is 46.3 Å². The van der Waals surface area contributed by atoms with E-state index in [9.17, 15) is 5.26 Å². The lowest BCUT2D eigenvalue weighted by atomic mass is 9.96. The third-order valence-electron chi connectivity index (χ3n) is 3.68. The Morgan fingerprint density at radius 1 is 1.30 bits per heavy atom. The molecule has 2 aromatic rings. The molecule has 20 heavy (non-hydrogen) atoms. The largest absolute Gasteiger partial charge is 0.383 e. The van der Waals surface area contributed by atoms with Crippen molar-refractivity contribution in [3.8, 4) is 16.5 Å². The van der Waals surface area contributed by atoms with Crippen molar-refractivity contribution in [3.63, 3.8) is 0 Å². The topological polar surface area (TPSA) is 62.7 Å². The monoisotopic (exact) mass is 347 g/mol. The van der Waals surface area contributed by atoms with Crippen LogP contribution in [0.2, 0.25) is 0 Å². The Morgan fingerprint density at radius 3 is 2.80 bits per heavy atom. The third kappa shape index (κ3) is 2.34. The molecule has 1 aliphatic carbocycles. The van der Waals surface area contributed by atoms with Crippen LogP contribution in [0.25, 0.3) is 10.4 Å². The van der Waals surface area contributed by atoms with Crippen LogP contribution < -0.4 is 5.73 Å². The van der Waals surface area contributed by atoms with Gasteiger partial charge in [0, 0.05) is 26.0 Å². The summed E-state index contributed by atoms with van der Waals surface area (Å²) in [6.07, 6.45) is 5.47. The van der Waals surface area contributed by atoms with Crippen LogP contribution in [0.4, 0.5) is 5.82 Å². The number of pyridine rings is 1. The molecule has 0 spiro atoms. The second-order valence-corrected chi connectivity index (χ2v) is 6.80. The maximum atomic E-state index is 9.46. The maximum absolute atomic E-state index is 9.46. The number of halogens is 1. The Morgan fingerprint density at radius 2 is 2.10 bits per heavy atom. The molecule has 2 aromatic heterocycles. The van der Waals surface area contributed by atoms with Gasteiger partial charge in [-0.3, -0.25) is 0 Å². The number of aromatic nitrogens is 1. The molecule has 0 unspecified atom stereocenters. The van der Waals surface area contributed by atoms with Gasteiger partial charge in [0.2, 0.25) is 0 Å². The van der Waals surface area contributed by atoms with Crippen molar-refractivity contribution >= 4 is 33.1 Å². The Hall–Kier alpha value is -1.38. The zero-order valence-electron chi connectivity index (χ0n) is 10.9. The first-order chi connectivity index (χ1) is 9.70. The van der Waals surface area contributed by atoms with E-state index in [1.165, 1.54) is 12.0 Å². The second kappa shape index (κ2) is 5.55. The Balaban J connectivity index is 2.29. The number of nitrogen functional groups attached to an aromatic ring is 1. The quantitative estimate of drug-likeness (QED) is 0.782. The summed E-state index contributed by atoms with van der Waals surface area (Å²) in [4.78, 5) is 5.58. The van der Waals surface area contributed by atoms with Crippen LogP contribution in [-0.2, 0) is 12.8 Å². The summed E-state index contributed by atoms with van der Waals surface area (Å²) in [7, 11) is 0. The molecule has 0 amide bonds. The molecule has 0 bridgehead atoms. The Labute approximate surface area is 130 Å². The minimum Gasteiger partial charge on any atom is -0.383 e. The molecule has 0 aromatic carbocycles. The molecule has 0 saturated carbocycles. The molecule has 5 heteroatoms. The van der Waals surface area contributed by atoms with E-state index in [1.54, 1.807) is 11.3 Å². The van der Waals surface area contributed by atoms with Crippen LogP contribution in [-0.4, -0.2) is 4.98 Å². The highest BCUT2D eigenvalue weighted by Gasteiger charge is 2.21. The smallest absolute Gasteiger partial charge is 0.142 e. The van der Waals surface area contributed by atoms with Gasteiger partial charge in [-0.25, -0.2) is 4.98 Å². The van der Waals surface area contributed by atoms with E-state index in [-0.39, 0.29) is 0 Å². The summed E-state index contributed by atoms with van der Waals surface area (Å²) in [5.41, 5.74) is 9.85. The minimum atomic E-state index is 0.368. The number of thiophene rings is 1. The van der Waals surface area contributed by atoms with Crippen LogP contribution in [0.5, 0.6) is 0 Å². The second-order valence-electron chi connectivity index (χ2n) is 4.97. The standard InChI is InChI=1S/C15H14BrN3S/c16-9-6-13(20-8-9)14-10-4-2-1-3-5-12(10)19-15(18)11(14)7-17/h6,8H,1-5H2,(H2,18,19). The number of fused-ring (bicyclic) bond motifs is 1. The van der Waals surface area contributed by atoms with Crippen LogP contribution in [0.15, 0.2) is 15.9 Å². The van der Waals surface area contributed by atoms with Gasteiger partial charge in [0.1, 0.15) is 17.5 Å². The number of nitrogens with two attached hydrogens (primary N) is 1. The van der Waals surface area contributed by atoms with Crippen molar-refractivity contribution in [2.75, 3.05) is 5.73 Å². The van der Waals surface area contributed by atoms with E-state index in [0.29, 0.717) is 11.4 Å². The van der Waals surface area contributed by atoms with Gasteiger partial charge in [-0.15, -0.1) is 11.3 Å². The van der Waals surface area contributed by atoms with Gasteiger partial charge in [-0.1, -0.05) is 6.42 Å². The van der Waals surface area contributed by atoms with Gasteiger partial charge >= 0.3 is 0 Å². The molecule has 102 valence electrons. The lowest BCUT2D eigenvalue weighted by Gasteiger charge is -2.14. The molecule has 2 N–H and O–H groups in total. The zero-order valence-corrected chi connectivity index (χ0v) is 13.4. The van der Waals surface area contributed by atoms with Gasteiger partial charge in [-0.05, 0) is 53.2 Å². The normalized spacial score (nSPS) is 14.4. The molecule has 0 radical (unpaired) electrons. The maximum Gasteiger partial charge on any atom is 0.142 e. The Bertz CT molecular complexity index is 700. The van der Waals surface area contributed by atoms with Crippen LogP contribution >= 0.6 is 27.3 Å². The molecule has 0 atom stereocenters. The summed E-state index contributed by atoms with van der Waals surface area (Å²) in [5.74, 6) is 0.368. The van der Waals surface area contributed by atoms with E-state index < -0.39 is 0 Å². The predicted octanol–water partition coefficient (Wildman–Crippen LogP) is 4.30. The molecule has 2 heterocycles. The third-order valence-corrected chi connectivity index (χ3v) is 5.39. The number of hydrogen-bond acceptors (Lipinski definition) is 4. The summed E-state index contributed by atoms with van der Waals surface area (Å²) >= 11 is 5.13. The number of rotatable bonds is 1. The van der Waals surface area contributed by atoms with E-state index >= 15 is 0 Å². The highest BCUT2D eigenvalue weighted by molar-refractivity contribution is 9.10. The fourth-order valence-corrected chi connectivity index (χ4v) is 4.27. The first kappa shape index (κ1) is 13.6. The molecular formula is C15H14BrN3S. The van der Waals surface area contributed by atoms with Crippen molar-refractivity contribution in [1.82, 2.24) is 4.98 Å². The highest BCUT2D eigenvalue weighted by atomic mass is 79.9. The summed E-state index contributed by atoms with van der Waals surface area (Å²) in [6, 6.07) is 4.31. The van der Waals surface area contributed by atoms with Crippen molar-refractivity contribution < 1.29 is 0 Å². The number of aryl methyl sites for hydroxylation is 1. The fraction of sp³-hybridized carbons (Fsp3) is 0.333. The molecule has 3 nitrogen and oxygen atoms in total. The van der Waals surface area contributed by atoms with E-state index in [1.807, 2.05) is 5.38 Å². The van der Waals surface area contributed by atoms with Crippen molar-refractivity contribution in [1.29, 1.82) is 5.26 Å². The van der Waals surface area contributed by atoms with Gasteiger partial charge in [0.15, 0.2) is 0 Å². The number of hydrogen-bond donors (Lipinski definition) is 1. The van der Waals surface area contributed by atoms with Gasteiger partial charge in [0.05, 0.1) is 0 Å². The van der Waals surface area contributed by atoms with E-state index in [4.69, 9.17) is 5.73 Å². The molecule has 3 rings (SSSR count). The van der Waals surface area contributed by atoms with Crippen LogP contribution in [0, 0.1) is 11.3 Å². The summed E-state index contributed by atoms with van der Waals surface area (Å²) < 4.78 is 1.04. The van der Waals surface area contributed by atoms with Gasteiger partial charge in [-0.2, -0.15) is 5.26 Å². The Kier molecular flexibility index (Phi) is 3.77. The van der Waals surface area contributed by atoms with Crippen LogP contribution in [0.1, 0.15) is 36.1 Å². The molecule has 1 aliphatic rings. The fourth-order valence-electron chi connectivity index (χ4n) is 2.77. The van der Waals surface area contributed by atoms with Gasteiger partial charge in [0.25, 0.3) is 0 Å². The first-order valence-electron chi connectivity index (χ1n) is 6.66. The first-order valence-corrected chi connectivity index (χ1v) is 8.33. The number of anilines is 1. The highest BCUT2D eigenvalue weighted by Crippen LogP contribution is 2.39. The minimum absolute atomic E-state index is 0.368. The molecule has 0 saturated heterocycles. The average molecular weight is 348 g/mol. The van der Waals surface area contributed by atoms with Crippen molar-refractivity contribution in [2.24, 2.45) is 0 Å². The van der Waals surface area contributed by atoms with Crippen LogP contribution in [0.3, 0.4) is 0 Å². The lowest BCUT2D eigenvalue weighted by Crippen LogP contribution is -2.06. The predicted molar refractivity (Wildman–Crippen MR) is 85.6 cm³/mol. The average Bonchev–Trinajstić information content (AvgIpc) is 2.72. The van der Waals surface area contributed by atoms with Crippen molar-refractivity contribution in [3.05, 3.63) is 32.7 Å². The number of nitrogens with zero attached hydrogens (tertiary/aromatic N) is 2. The van der Waals surface area contributed by atoms with E-state index in [2.05, 4.69) is 33.0 Å². The summed E-state index contributed by atoms with van der Waals surface area (Å²) in [6.45, 7) is 0. The molecule has 0 aliphatic heterocycles. The lowest BCUT2D eigenvalue weighted by molar-refractivity contribution is 0.709. The van der Waals surface area contributed by atoms with Crippen molar-refractivity contribution in [2.45, 2.75) is 32.1 Å². The number of nitriles is 1. The molecular weight excluding hydrogens is 334 g/mol. The van der Waals surface area contributed by atoms with Gasteiger partial charge < -0.3 is 5.73 Å². The SMILES string of the molecule is N#Cc1c(N)nc2c(c1-c1cc(Br)cs1)CCCCC2.